The van der Waals surface area contributed by atoms with Gasteiger partial charge in [0, 0.05) is 15.1 Å². The van der Waals surface area contributed by atoms with Gasteiger partial charge in [-0.2, -0.15) is 0 Å². The fraction of sp³-hybridized carbons (Fsp3) is 0.273. The lowest BCUT2D eigenvalue weighted by molar-refractivity contribution is 1.36. The first-order valence-corrected chi connectivity index (χ1v) is 5.98. The minimum Gasteiger partial charge on any atom is -0.122 e. The van der Waals surface area contributed by atoms with E-state index in [4.69, 9.17) is 0 Å². The Morgan fingerprint density at radius 1 is 1.31 bits per heavy atom. The minimum atomic E-state index is 1.06. The van der Waals surface area contributed by atoms with E-state index in [1.807, 2.05) is 11.8 Å². The number of halogens is 1. The Morgan fingerprint density at radius 3 is 2.46 bits per heavy atom. The molecule has 0 aliphatic heterocycles. The number of benzene rings is 1. The van der Waals surface area contributed by atoms with Crippen molar-refractivity contribution in [2.75, 3.05) is 5.75 Å². The molecule has 0 unspecified atom stereocenters. The van der Waals surface area contributed by atoms with Gasteiger partial charge in [0.2, 0.25) is 0 Å². The molecule has 2 heteroatoms. The van der Waals surface area contributed by atoms with E-state index < -0.39 is 0 Å². The van der Waals surface area contributed by atoms with E-state index in [0.717, 1.165) is 10.2 Å². The Balaban J connectivity index is 2.46. The molecule has 1 aromatic carbocycles. The van der Waals surface area contributed by atoms with Crippen LogP contribution in [0.4, 0.5) is 0 Å². The van der Waals surface area contributed by atoms with Gasteiger partial charge < -0.3 is 0 Å². The number of thioether (sulfide) groups is 1. The first-order chi connectivity index (χ1) is 6.18. The molecule has 0 saturated heterocycles. The van der Waals surface area contributed by atoms with Crippen molar-refractivity contribution in [3.8, 4) is 0 Å². The van der Waals surface area contributed by atoms with Gasteiger partial charge in [-0.05, 0) is 38.1 Å². The second kappa shape index (κ2) is 5.51. The van der Waals surface area contributed by atoms with E-state index in [1.54, 1.807) is 0 Å². The van der Waals surface area contributed by atoms with E-state index in [9.17, 15) is 0 Å². The zero-order valence-corrected chi connectivity index (χ0v) is 10.3. The van der Waals surface area contributed by atoms with E-state index >= 15 is 0 Å². The molecule has 13 heavy (non-hydrogen) atoms. The molecule has 0 radical (unpaired) electrons. The van der Waals surface area contributed by atoms with Crippen LogP contribution in [-0.2, 0) is 0 Å². The van der Waals surface area contributed by atoms with Gasteiger partial charge in [0.05, 0.1) is 0 Å². The second-order valence-corrected chi connectivity index (χ2v) is 5.06. The highest BCUT2D eigenvalue weighted by Gasteiger charge is 1.91. The van der Waals surface area contributed by atoms with Crippen LogP contribution >= 0.6 is 27.7 Å². The topological polar surface area (TPSA) is 0 Å². The molecule has 0 aliphatic carbocycles. The van der Waals surface area contributed by atoms with E-state index in [1.165, 1.54) is 10.5 Å². The van der Waals surface area contributed by atoms with Gasteiger partial charge in [0.25, 0.3) is 0 Å². The van der Waals surface area contributed by atoms with Crippen LogP contribution in [0.1, 0.15) is 13.8 Å². The summed E-state index contributed by atoms with van der Waals surface area (Å²) in [6.45, 7) is 4.25. The zero-order valence-electron chi connectivity index (χ0n) is 7.88. The summed E-state index contributed by atoms with van der Waals surface area (Å²) in [6, 6.07) is 8.41. The van der Waals surface area contributed by atoms with E-state index in [-0.39, 0.29) is 0 Å². The molecule has 0 heterocycles. The fourth-order valence-electron chi connectivity index (χ4n) is 0.835. The molecule has 0 bridgehead atoms. The lowest BCUT2D eigenvalue weighted by Crippen LogP contribution is -1.75. The van der Waals surface area contributed by atoms with Gasteiger partial charge in [0.15, 0.2) is 0 Å². The van der Waals surface area contributed by atoms with Crippen LogP contribution in [-0.4, -0.2) is 5.75 Å². The Morgan fingerprint density at radius 2 is 1.92 bits per heavy atom. The lowest BCUT2D eigenvalue weighted by atomic mass is 10.3. The molecule has 1 aromatic rings. The van der Waals surface area contributed by atoms with Crippen LogP contribution in [0, 0.1) is 0 Å². The maximum absolute atomic E-state index is 3.42. The van der Waals surface area contributed by atoms with Crippen LogP contribution in [0.25, 0.3) is 0 Å². The van der Waals surface area contributed by atoms with Gasteiger partial charge in [-0.15, -0.1) is 11.8 Å². The highest BCUT2D eigenvalue weighted by molar-refractivity contribution is 9.10. The molecule has 0 saturated carbocycles. The van der Waals surface area contributed by atoms with Gasteiger partial charge >= 0.3 is 0 Å². The van der Waals surface area contributed by atoms with Crippen LogP contribution in [0.2, 0.25) is 0 Å². The molecule has 1 rings (SSSR count). The molecule has 0 atom stereocenters. The fourth-order valence-corrected chi connectivity index (χ4v) is 2.04. The van der Waals surface area contributed by atoms with Gasteiger partial charge in [-0.3, -0.25) is 0 Å². The van der Waals surface area contributed by atoms with Crippen molar-refractivity contribution in [2.24, 2.45) is 0 Å². The van der Waals surface area contributed by atoms with Crippen molar-refractivity contribution < 1.29 is 0 Å². The number of rotatable bonds is 3. The molecule has 0 aliphatic rings. The summed E-state index contributed by atoms with van der Waals surface area (Å²) in [6.07, 6.45) is 2.24. The predicted octanol–water partition coefficient (Wildman–Crippen LogP) is 4.51. The molecular weight excluding hydrogens is 244 g/mol. The van der Waals surface area contributed by atoms with Crippen LogP contribution in [0.3, 0.4) is 0 Å². The Bertz CT molecular complexity index is 283. The molecule has 0 nitrogen and oxygen atoms in total. The Hall–Kier alpha value is -0.210. The first kappa shape index (κ1) is 10.9. The highest BCUT2D eigenvalue weighted by Crippen LogP contribution is 2.20. The number of allylic oxidation sites excluding steroid dienone is 1. The monoisotopic (exact) mass is 256 g/mol. The van der Waals surface area contributed by atoms with Gasteiger partial charge in [-0.25, -0.2) is 0 Å². The summed E-state index contributed by atoms with van der Waals surface area (Å²) in [5.41, 5.74) is 1.38. The second-order valence-electron chi connectivity index (χ2n) is 3.05. The summed E-state index contributed by atoms with van der Waals surface area (Å²) in [5, 5.41) is 0. The number of hydrogen-bond donors (Lipinski definition) is 0. The zero-order chi connectivity index (χ0) is 9.68. The largest absolute Gasteiger partial charge is 0.122 e. The molecule has 0 N–H and O–H groups in total. The lowest BCUT2D eigenvalue weighted by Gasteiger charge is -1.98. The van der Waals surface area contributed by atoms with Crippen molar-refractivity contribution >= 4 is 27.7 Å². The molecule has 0 aromatic heterocycles. The summed E-state index contributed by atoms with van der Waals surface area (Å²) in [4.78, 5) is 1.32. The molecule has 0 fully saturated rings. The SMILES string of the molecule is CC(C)=CCSc1ccc(Br)cc1. The maximum atomic E-state index is 3.42. The molecule has 70 valence electrons. The van der Waals surface area contributed by atoms with Crippen LogP contribution in [0.5, 0.6) is 0 Å². The van der Waals surface area contributed by atoms with Crippen LogP contribution < -0.4 is 0 Å². The van der Waals surface area contributed by atoms with Gasteiger partial charge in [0.1, 0.15) is 0 Å². The standard InChI is InChI=1S/C11H13BrS/c1-9(2)7-8-13-11-5-3-10(12)4-6-11/h3-7H,8H2,1-2H3. The third-order valence-corrected chi connectivity index (χ3v) is 3.02. The molecule has 0 spiro atoms. The van der Waals surface area contributed by atoms with Gasteiger partial charge in [-0.1, -0.05) is 27.6 Å². The van der Waals surface area contributed by atoms with Crippen molar-refractivity contribution in [1.82, 2.24) is 0 Å². The Kier molecular flexibility index (Phi) is 4.60. The summed E-state index contributed by atoms with van der Waals surface area (Å²) in [7, 11) is 0. The Labute approximate surface area is 92.6 Å². The predicted molar refractivity (Wildman–Crippen MR) is 64.3 cm³/mol. The van der Waals surface area contributed by atoms with Crippen molar-refractivity contribution in [3.05, 3.63) is 40.4 Å². The molecule has 0 amide bonds. The summed E-state index contributed by atoms with van der Waals surface area (Å²) < 4.78 is 1.14. The smallest absolute Gasteiger partial charge is 0.0176 e. The third kappa shape index (κ3) is 4.53. The maximum Gasteiger partial charge on any atom is 0.0176 e. The summed E-state index contributed by atoms with van der Waals surface area (Å²) in [5.74, 6) is 1.06. The average molecular weight is 257 g/mol. The minimum absolute atomic E-state index is 1.06. The summed E-state index contributed by atoms with van der Waals surface area (Å²) >= 11 is 5.28. The third-order valence-electron chi connectivity index (χ3n) is 1.56. The van der Waals surface area contributed by atoms with E-state index in [2.05, 4.69) is 60.1 Å². The molecular formula is C11H13BrS. The van der Waals surface area contributed by atoms with Crippen molar-refractivity contribution in [1.29, 1.82) is 0 Å². The van der Waals surface area contributed by atoms with Crippen molar-refractivity contribution in [3.63, 3.8) is 0 Å². The highest BCUT2D eigenvalue weighted by atomic mass is 79.9. The van der Waals surface area contributed by atoms with Crippen molar-refractivity contribution in [2.45, 2.75) is 18.7 Å². The quantitative estimate of drug-likeness (QED) is 0.567. The number of hydrogen-bond acceptors (Lipinski definition) is 1. The average Bonchev–Trinajstić information content (AvgIpc) is 2.08. The van der Waals surface area contributed by atoms with Crippen LogP contribution in [0.15, 0.2) is 45.3 Å². The normalized spacial score (nSPS) is 9.77. The van der Waals surface area contributed by atoms with E-state index in [0.29, 0.717) is 0 Å². The first-order valence-electron chi connectivity index (χ1n) is 4.20.